The molecule has 76 valence electrons. The average molecular weight is 302 g/mol. The van der Waals surface area contributed by atoms with Crippen LogP contribution in [0.15, 0.2) is 30.3 Å². The van der Waals surface area contributed by atoms with Crippen molar-refractivity contribution in [3.05, 3.63) is 35.9 Å². The van der Waals surface area contributed by atoms with Gasteiger partial charge in [-0.3, -0.25) is 2.70 Å². The lowest BCUT2D eigenvalue weighted by atomic mass is 10.1. The van der Waals surface area contributed by atoms with Gasteiger partial charge in [-0.15, -0.1) is 0 Å². The monoisotopic (exact) mass is 302 g/mol. The number of nitrogens with zero attached hydrogens (tertiary/aromatic N) is 1. The highest BCUT2D eigenvalue weighted by Crippen LogP contribution is 2.27. The molecule has 14 heavy (non-hydrogen) atoms. The van der Waals surface area contributed by atoms with E-state index in [0.717, 1.165) is 0 Å². The van der Waals surface area contributed by atoms with Gasteiger partial charge in [-0.2, -0.15) is 0 Å². The Morgan fingerprint density at radius 2 is 1.64 bits per heavy atom. The van der Waals surface area contributed by atoms with Crippen LogP contribution in [-0.2, 0) is 6.54 Å². The summed E-state index contributed by atoms with van der Waals surface area (Å²) in [6.45, 7) is 3.88. The van der Waals surface area contributed by atoms with Gasteiger partial charge < -0.3 is 0 Å². The van der Waals surface area contributed by atoms with Gasteiger partial charge in [-0.1, -0.05) is 30.3 Å². The Labute approximate surface area is 100 Å². The van der Waals surface area contributed by atoms with E-state index in [1.165, 1.54) is 47.2 Å². The van der Waals surface area contributed by atoms with Gasteiger partial charge >= 0.3 is 0 Å². The SMILES string of the molecule is I[N+]1(Cc2ccccc2)CCCCC1. The second-order valence-corrected chi connectivity index (χ2v) is 6.23. The number of likely N-dealkylation sites (tertiary alicyclic amines) is 1. The van der Waals surface area contributed by atoms with Crippen LogP contribution < -0.4 is 0 Å². The van der Waals surface area contributed by atoms with Crippen molar-refractivity contribution in [2.75, 3.05) is 13.1 Å². The molecule has 0 saturated carbocycles. The Kier molecular flexibility index (Phi) is 3.44. The van der Waals surface area contributed by atoms with Gasteiger partial charge in [0.1, 0.15) is 6.54 Å². The highest BCUT2D eigenvalue weighted by Gasteiger charge is 2.27. The molecule has 1 fully saturated rings. The van der Waals surface area contributed by atoms with Crippen LogP contribution in [0.5, 0.6) is 0 Å². The van der Waals surface area contributed by atoms with Crippen molar-refractivity contribution in [3.63, 3.8) is 0 Å². The molecule has 0 aromatic heterocycles. The van der Waals surface area contributed by atoms with E-state index >= 15 is 0 Å². The average Bonchev–Trinajstić information content (AvgIpc) is 2.19. The zero-order valence-corrected chi connectivity index (χ0v) is 10.6. The topological polar surface area (TPSA) is 0 Å². The summed E-state index contributed by atoms with van der Waals surface area (Å²) in [6.07, 6.45) is 4.23. The first-order valence-corrected chi connectivity index (χ1v) is 6.35. The first kappa shape index (κ1) is 10.4. The second-order valence-electron chi connectivity index (χ2n) is 4.18. The van der Waals surface area contributed by atoms with Crippen molar-refractivity contribution >= 4 is 22.9 Å². The van der Waals surface area contributed by atoms with Crippen molar-refractivity contribution in [3.8, 4) is 0 Å². The zero-order valence-electron chi connectivity index (χ0n) is 8.45. The van der Waals surface area contributed by atoms with Crippen LogP contribution in [0.3, 0.4) is 0 Å². The quantitative estimate of drug-likeness (QED) is 0.579. The van der Waals surface area contributed by atoms with Gasteiger partial charge in [0, 0.05) is 5.56 Å². The molecule has 1 aliphatic rings. The molecular weight excluding hydrogens is 285 g/mol. The minimum atomic E-state index is 1.20. The third-order valence-corrected chi connectivity index (χ3v) is 4.23. The van der Waals surface area contributed by atoms with Crippen molar-refractivity contribution in [2.24, 2.45) is 0 Å². The highest BCUT2D eigenvalue weighted by atomic mass is 127. The lowest BCUT2D eigenvalue weighted by molar-refractivity contribution is -0.773. The molecule has 0 spiro atoms. The molecule has 0 unspecified atom stereocenters. The molecule has 1 aliphatic heterocycles. The van der Waals surface area contributed by atoms with E-state index in [4.69, 9.17) is 0 Å². The standard InChI is InChI=1S/C12H17IN/c13-14(9-5-2-6-10-14)11-12-7-3-1-4-8-12/h1,3-4,7-8H,2,5-6,9-11H2/q+1. The number of hydrogen-bond acceptors (Lipinski definition) is 0. The Morgan fingerprint density at radius 1 is 1.00 bits per heavy atom. The molecule has 1 nitrogen and oxygen atoms in total. The Balaban J connectivity index is 2.02. The molecular formula is C12H17IN+. The van der Waals surface area contributed by atoms with Crippen LogP contribution in [0.1, 0.15) is 24.8 Å². The van der Waals surface area contributed by atoms with Crippen LogP contribution in [0.4, 0.5) is 0 Å². The molecule has 0 amide bonds. The van der Waals surface area contributed by atoms with Crippen LogP contribution >= 0.6 is 22.9 Å². The molecule has 0 radical (unpaired) electrons. The fourth-order valence-electron chi connectivity index (χ4n) is 2.15. The Hall–Kier alpha value is -0.0900. The maximum Gasteiger partial charge on any atom is 0.248 e. The summed E-state index contributed by atoms with van der Waals surface area (Å²) in [6, 6.07) is 10.9. The van der Waals surface area contributed by atoms with E-state index in [1.54, 1.807) is 0 Å². The van der Waals surface area contributed by atoms with Crippen LogP contribution in [0, 0.1) is 0 Å². The summed E-state index contributed by atoms with van der Waals surface area (Å²) >= 11 is 2.63. The Morgan fingerprint density at radius 3 is 2.29 bits per heavy atom. The number of halogens is 1. The summed E-state index contributed by atoms with van der Waals surface area (Å²) in [5.41, 5.74) is 1.48. The van der Waals surface area contributed by atoms with Gasteiger partial charge in [0.05, 0.1) is 13.1 Å². The molecule has 2 heteroatoms. The first-order valence-electron chi connectivity index (χ1n) is 5.38. The number of piperidine rings is 1. The van der Waals surface area contributed by atoms with Gasteiger partial charge in [0.2, 0.25) is 22.9 Å². The number of quaternary nitrogens is 1. The molecule has 1 heterocycles. The number of rotatable bonds is 2. The van der Waals surface area contributed by atoms with Gasteiger partial charge in [-0.25, -0.2) is 0 Å². The predicted octanol–water partition coefficient (Wildman–Crippen LogP) is 3.54. The van der Waals surface area contributed by atoms with Crippen LogP contribution in [-0.4, -0.2) is 15.8 Å². The fraction of sp³-hybridized carbons (Fsp3) is 0.500. The summed E-state index contributed by atoms with van der Waals surface area (Å²) < 4.78 is 1.21. The summed E-state index contributed by atoms with van der Waals surface area (Å²) in [4.78, 5) is 0. The van der Waals surface area contributed by atoms with E-state index in [2.05, 4.69) is 53.2 Å². The number of hydrogen-bond donors (Lipinski definition) is 0. The maximum atomic E-state index is 2.63. The van der Waals surface area contributed by atoms with Gasteiger partial charge in [0.15, 0.2) is 0 Å². The van der Waals surface area contributed by atoms with E-state index in [9.17, 15) is 0 Å². The number of benzene rings is 1. The third-order valence-electron chi connectivity index (χ3n) is 2.93. The van der Waals surface area contributed by atoms with Crippen molar-refractivity contribution in [1.29, 1.82) is 0 Å². The van der Waals surface area contributed by atoms with E-state index in [-0.39, 0.29) is 0 Å². The molecule has 1 aromatic carbocycles. The second kappa shape index (κ2) is 4.62. The summed E-state index contributed by atoms with van der Waals surface area (Å²) in [5, 5.41) is 0. The Bertz CT molecular complexity index is 278. The normalized spacial score (nSPS) is 20.6. The molecule has 0 aliphatic carbocycles. The minimum Gasteiger partial charge on any atom is -0.264 e. The first-order chi connectivity index (χ1) is 6.79. The van der Waals surface area contributed by atoms with Crippen LogP contribution in [0.2, 0.25) is 0 Å². The molecule has 0 N–H and O–H groups in total. The maximum absolute atomic E-state index is 2.63. The summed E-state index contributed by atoms with van der Waals surface area (Å²) in [5.74, 6) is 0. The van der Waals surface area contributed by atoms with E-state index in [1.807, 2.05) is 0 Å². The van der Waals surface area contributed by atoms with Crippen LogP contribution in [0.25, 0.3) is 0 Å². The van der Waals surface area contributed by atoms with Crippen molar-refractivity contribution in [1.82, 2.24) is 0 Å². The molecule has 0 bridgehead atoms. The van der Waals surface area contributed by atoms with Crippen molar-refractivity contribution < 1.29 is 2.70 Å². The van der Waals surface area contributed by atoms with E-state index in [0.29, 0.717) is 0 Å². The van der Waals surface area contributed by atoms with Crippen molar-refractivity contribution in [2.45, 2.75) is 25.8 Å². The molecule has 0 atom stereocenters. The van der Waals surface area contributed by atoms with E-state index < -0.39 is 0 Å². The highest BCUT2D eigenvalue weighted by molar-refractivity contribution is 14.1. The van der Waals surface area contributed by atoms with Gasteiger partial charge in [0.25, 0.3) is 0 Å². The smallest absolute Gasteiger partial charge is 0.248 e. The molecule has 1 saturated heterocycles. The molecule has 1 aromatic rings. The molecule has 2 rings (SSSR count). The summed E-state index contributed by atoms with van der Waals surface area (Å²) in [7, 11) is 0. The predicted molar refractivity (Wildman–Crippen MR) is 68.0 cm³/mol. The lowest BCUT2D eigenvalue weighted by Gasteiger charge is -2.34. The largest absolute Gasteiger partial charge is 0.264 e. The lowest BCUT2D eigenvalue weighted by Crippen LogP contribution is -2.41. The minimum absolute atomic E-state index is 1.20. The van der Waals surface area contributed by atoms with Gasteiger partial charge in [-0.05, 0) is 19.3 Å². The fourth-order valence-corrected chi connectivity index (χ4v) is 3.22. The third kappa shape index (κ3) is 2.70. The zero-order chi connectivity index (χ0) is 9.86.